The molecule has 22 heavy (non-hydrogen) atoms. The van der Waals surface area contributed by atoms with Crippen LogP contribution >= 0.6 is 11.6 Å². The molecule has 110 valence electrons. The zero-order valence-electron chi connectivity index (χ0n) is 11.8. The molecule has 0 fully saturated rings. The predicted octanol–water partition coefficient (Wildman–Crippen LogP) is 3.26. The third-order valence-electron chi connectivity index (χ3n) is 3.32. The lowest BCUT2D eigenvalue weighted by atomic mass is 10.1. The first-order valence-electron chi connectivity index (χ1n) is 6.96. The number of amides is 1. The quantitative estimate of drug-likeness (QED) is 0.804. The Kier molecular flexibility index (Phi) is 4.30. The number of carbonyl (C=O) groups excluding carboxylic acids is 1. The smallest absolute Gasteiger partial charge is 0.251 e. The molecular weight excluding hydrogens is 298 g/mol. The molecule has 2 aromatic carbocycles. The summed E-state index contributed by atoms with van der Waals surface area (Å²) in [5, 5.41) is 3.61. The second-order valence-electron chi connectivity index (χ2n) is 4.90. The summed E-state index contributed by atoms with van der Waals surface area (Å²) in [6.45, 7) is 0.553. The van der Waals surface area contributed by atoms with E-state index in [2.05, 4.69) is 15.3 Å². The van der Waals surface area contributed by atoms with Gasteiger partial charge in [-0.1, -0.05) is 23.7 Å². The first-order chi connectivity index (χ1) is 10.7. The number of fused-ring (bicyclic) bond motifs is 1. The summed E-state index contributed by atoms with van der Waals surface area (Å²) in [6.07, 6.45) is 3.98. The fraction of sp³-hybridized carbons (Fsp3) is 0.118. The van der Waals surface area contributed by atoms with Gasteiger partial charge in [-0.25, -0.2) is 0 Å². The zero-order valence-corrected chi connectivity index (χ0v) is 12.5. The maximum atomic E-state index is 12.2. The van der Waals surface area contributed by atoms with Gasteiger partial charge in [0, 0.05) is 29.5 Å². The summed E-state index contributed by atoms with van der Waals surface area (Å²) in [7, 11) is 0. The van der Waals surface area contributed by atoms with Crippen molar-refractivity contribution in [3.05, 3.63) is 71.0 Å². The minimum atomic E-state index is -0.116. The zero-order chi connectivity index (χ0) is 15.4. The van der Waals surface area contributed by atoms with E-state index in [1.807, 2.05) is 24.3 Å². The summed E-state index contributed by atoms with van der Waals surface area (Å²) >= 11 is 5.94. The van der Waals surface area contributed by atoms with Crippen LogP contribution in [-0.2, 0) is 6.42 Å². The van der Waals surface area contributed by atoms with Crippen LogP contribution in [0.25, 0.3) is 11.0 Å². The topological polar surface area (TPSA) is 54.9 Å². The third kappa shape index (κ3) is 3.40. The molecule has 3 aromatic rings. The van der Waals surface area contributed by atoms with E-state index in [0.29, 0.717) is 22.6 Å². The molecule has 0 unspecified atom stereocenters. The summed E-state index contributed by atoms with van der Waals surface area (Å²) in [5.74, 6) is -0.116. The second-order valence-corrected chi connectivity index (χ2v) is 5.33. The number of hydrogen-bond acceptors (Lipinski definition) is 3. The van der Waals surface area contributed by atoms with Crippen LogP contribution in [0.5, 0.6) is 0 Å². The molecule has 0 spiro atoms. The van der Waals surface area contributed by atoms with E-state index in [0.717, 1.165) is 17.5 Å². The highest BCUT2D eigenvalue weighted by atomic mass is 35.5. The van der Waals surface area contributed by atoms with Crippen molar-refractivity contribution in [2.75, 3.05) is 6.54 Å². The Hall–Kier alpha value is -2.46. The van der Waals surface area contributed by atoms with Crippen LogP contribution in [0.2, 0.25) is 5.02 Å². The monoisotopic (exact) mass is 311 g/mol. The molecular formula is C17H14ClN3O. The Bertz CT molecular complexity index is 820. The van der Waals surface area contributed by atoms with Gasteiger partial charge in [0.15, 0.2) is 0 Å². The van der Waals surface area contributed by atoms with E-state index >= 15 is 0 Å². The molecule has 0 saturated carbocycles. The average Bonchev–Trinajstić information content (AvgIpc) is 2.54. The van der Waals surface area contributed by atoms with Crippen LogP contribution in [0, 0.1) is 0 Å². The maximum Gasteiger partial charge on any atom is 0.251 e. The summed E-state index contributed by atoms with van der Waals surface area (Å²) in [4.78, 5) is 20.5. The Balaban J connectivity index is 1.63. The molecule has 1 N–H and O–H groups in total. The summed E-state index contributed by atoms with van der Waals surface area (Å²) in [6, 6.07) is 12.9. The van der Waals surface area contributed by atoms with E-state index in [4.69, 9.17) is 11.6 Å². The van der Waals surface area contributed by atoms with Crippen LogP contribution in [-0.4, -0.2) is 22.4 Å². The number of rotatable bonds is 4. The first kappa shape index (κ1) is 14.5. The average molecular weight is 312 g/mol. The Labute approximate surface area is 133 Å². The molecule has 0 bridgehead atoms. The SMILES string of the molecule is O=C(NCCc1cccc(Cl)c1)c1ccc2nccnc2c1. The van der Waals surface area contributed by atoms with Crippen molar-refractivity contribution in [1.82, 2.24) is 15.3 Å². The van der Waals surface area contributed by atoms with Crippen molar-refractivity contribution in [2.45, 2.75) is 6.42 Å². The van der Waals surface area contributed by atoms with Gasteiger partial charge in [-0.05, 0) is 42.3 Å². The van der Waals surface area contributed by atoms with Crippen LogP contribution in [0.1, 0.15) is 15.9 Å². The maximum absolute atomic E-state index is 12.2. The highest BCUT2D eigenvalue weighted by Crippen LogP contribution is 2.12. The van der Waals surface area contributed by atoms with E-state index < -0.39 is 0 Å². The van der Waals surface area contributed by atoms with Crippen molar-refractivity contribution >= 4 is 28.5 Å². The summed E-state index contributed by atoms with van der Waals surface area (Å²) in [5.41, 5.74) is 3.17. The minimum Gasteiger partial charge on any atom is -0.352 e. The van der Waals surface area contributed by atoms with Crippen LogP contribution in [0.4, 0.5) is 0 Å². The largest absolute Gasteiger partial charge is 0.352 e. The number of nitrogens with one attached hydrogen (secondary N) is 1. The minimum absolute atomic E-state index is 0.116. The van der Waals surface area contributed by atoms with E-state index in [1.165, 1.54) is 0 Å². The molecule has 3 rings (SSSR count). The Morgan fingerprint density at radius 3 is 2.68 bits per heavy atom. The Morgan fingerprint density at radius 1 is 1.05 bits per heavy atom. The fourth-order valence-electron chi connectivity index (χ4n) is 2.22. The van der Waals surface area contributed by atoms with Crippen LogP contribution < -0.4 is 5.32 Å². The highest BCUT2D eigenvalue weighted by molar-refractivity contribution is 6.30. The van der Waals surface area contributed by atoms with Crippen molar-refractivity contribution in [1.29, 1.82) is 0 Å². The molecule has 0 aliphatic heterocycles. The molecule has 0 aliphatic carbocycles. The molecule has 5 heteroatoms. The molecule has 1 heterocycles. The molecule has 1 amide bonds. The number of hydrogen-bond donors (Lipinski definition) is 1. The van der Waals surface area contributed by atoms with E-state index in [1.54, 1.807) is 30.6 Å². The Morgan fingerprint density at radius 2 is 1.86 bits per heavy atom. The van der Waals surface area contributed by atoms with Gasteiger partial charge in [-0.15, -0.1) is 0 Å². The van der Waals surface area contributed by atoms with Gasteiger partial charge in [-0.2, -0.15) is 0 Å². The van der Waals surface area contributed by atoms with Crippen LogP contribution in [0.15, 0.2) is 54.9 Å². The van der Waals surface area contributed by atoms with Gasteiger partial charge in [-0.3, -0.25) is 14.8 Å². The second kappa shape index (κ2) is 6.54. The van der Waals surface area contributed by atoms with E-state index in [-0.39, 0.29) is 5.91 Å². The molecule has 1 aromatic heterocycles. The van der Waals surface area contributed by atoms with Gasteiger partial charge in [0.05, 0.1) is 11.0 Å². The lowest BCUT2D eigenvalue weighted by Gasteiger charge is -2.06. The number of nitrogens with zero attached hydrogens (tertiary/aromatic N) is 2. The molecule has 0 radical (unpaired) electrons. The number of benzene rings is 2. The number of aromatic nitrogens is 2. The van der Waals surface area contributed by atoms with Crippen molar-refractivity contribution in [2.24, 2.45) is 0 Å². The molecule has 4 nitrogen and oxygen atoms in total. The van der Waals surface area contributed by atoms with E-state index in [9.17, 15) is 4.79 Å². The van der Waals surface area contributed by atoms with Gasteiger partial charge in [0.25, 0.3) is 5.91 Å². The van der Waals surface area contributed by atoms with Crippen molar-refractivity contribution in [3.8, 4) is 0 Å². The highest BCUT2D eigenvalue weighted by Gasteiger charge is 2.06. The van der Waals surface area contributed by atoms with Gasteiger partial charge < -0.3 is 5.32 Å². The number of halogens is 1. The lowest BCUT2D eigenvalue weighted by Crippen LogP contribution is -2.25. The molecule has 0 saturated heterocycles. The normalized spacial score (nSPS) is 10.6. The third-order valence-corrected chi connectivity index (χ3v) is 3.55. The number of carbonyl (C=O) groups is 1. The van der Waals surface area contributed by atoms with Gasteiger partial charge in [0.2, 0.25) is 0 Å². The molecule has 0 aliphatic rings. The van der Waals surface area contributed by atoms with Gasteiger partial charge >= 0.3 is 0 Å². The molecule has 0 atom stereocenters. The first-order valence-corrected chi connectivity index (χ1v) is 7.33. The summed E-state index contributed by atoms with van der Waals surface area (Å²) < 4.78 is 0. The van der Waals surface area contributed by atoms with Crippen LogP contribution in [0.3, 0.4) is 0 Å². The van der Waals surface area contributed by atoms with Gasteiger partial charge in [0.1, 0.15) is 0 Å². The van der Waals surface area contributed by atoms with Crippen molar-refractivity contribution < 1.29 is 4.79 Å². The van der Waals surface area contributed by atoms with Crippen molar-refractivity contribution in [3.63, 3.8) is 0 Å². The fourth-order valence-corrected chi connectivity index (χ4v) is 2.43. The lowest BCUT2D eigenvalue weighted by molar-refractivity contribution is 0.0954. The standard InChI is InChI=1S/C17H14ClN3O/c18-14-3-1-2-12(10-14)6-7-21-17(22)13-4-5-15-16(11-13)20-9-8-19-15/h1-5,8-11H,6-7H2,(H,21,22). The predicted molar refractivity (Wildman–Crippen MR) is 87.0 cm³/mol.